The molecule has 2 aliphatic rings. The first-order valence-electron chi connectivity index (χ1n) is 10.4. The highest BCUT2D eigenvalue weighted by molar-refractivity contribution is 5.89. The molecule has 0 unspecified atom stereocenters. The number of ether oxygens (including phenoxy) is 1. The van der Waals surface area contributed by atoms with E-state index in [4.69, 9.17) is 4.74 Å². The summed E-state index contributed by atoms with van der Waals surface area (Å²) in [7, 11) is 1.66. The maximum absolute atomic E-state index is 15.1. The van der Waals surface area contributed by atoms with Crippen molar-refractivity contribution in [3.05, 3.63) is 46.9 Å². The highest BCUT2D eigenvalue weighted by Gasteiger charge is 2.56. The molecule has 2 fully saturated rings. The summed E-state index contributed by atoms with van der Waals surface area (Å²) in [5, 5.41) is 23.3. The van der Waals surface area contributed by atoms with Crippen LogP contribution in [0.4, 0.5) is 4.39 Å². The fourth-order valence-corrected chi connectivity index (χ4v) is 5.03. The van der Waals surface area contributed by atoms with Gasteiger partial charge >= 0.3 is 0 Å². The first-order valence-corrected chi connectivity index (χ1v) is 10.4. The Labute approximate surface area is 178 Å². The summed E-state index contributed by atoms with van der Waals surface area (Å²) in [6, 6.07) is 8.27. The number of hydrogen-bond donors (Lipinski definition) is 2. The molecule has 2 aromatic heterocycles. The Morgan fingerprint density at radius 2 is 2.03 bits per heavy atom. The van der Waals surface area contributed by atoms with Crippen molar-refractivity contribution in [1.82, 2.24) is 20.1 Å². The zero-order valence-corrected chi connectivity index (χ0v) is 17.7. The van der Waals surface area contributed by atoms with E-state index in [-0.39, 0.29) is 22.7 Å². The van der Waals surface area contributed by atoms with Gasteiger partial charge in [0.1, 0.15) is 11.9 Å². The van der Waals surface area contributed by atoms with Crippen LogP contribution in [-0.2, 0) is 7.05 Å². The lowest BCUT2D eigenvalue weighted by Gasteiger charge is -2.43. The van der Waals surface area contributed by atoms with E-state index in [1.54, 1.807) is 37.5 Å². The summed E-state index contributed by atoms with van der Waals surface area (Å²) in [6.45, 7) is 4.01. The summed E-state index contributed by atoms with van der Waals surface area (Å²) < 4.78 is 22.5. The Morgan fingerprint density at radius 1 is 1.23 bits per heavy atom. The number of halogens is 1. The smallest absolute Gasteiger partial charge is 0.258 e. The number of fused-ring (bicyclic) bond motifs is 3. The number of aromatic hydroxyl groups is 1. The third-order valence-electron chi connectivity index (χ3n) is 6.75. The van der Waals surface area contributed by atoms with Gasteiger partial charge in [-0.05, 0) is 56.3 Å². The van der Waals surface area contributed by atoms with Gasteiger partial charge < -0.3 is 19.7 Å². The molecule has 0 spiro atoms. The number of piperidine rings is 1. The highest BCUT2D eigenvalue weighted by Crippen LogP contribution is 2.44. The standard InChI is InChI=1S/C23H25FN4O3/c1-22-7-8-23(2,27-22)20(24)18(12-22)31-19-5-4-16(25-26-19)15-10-13-6-9-28(3)21(30)14(13)11-17(15)29/h4-6,9-11,18,20,27,29H,7-8,12H2,1-3H3/t18-,20-,22-,23+/m0/s1. The van der Waals surface area contributed by atoms with Crippen LogP contribution < -0.4 is 15.6 Å². The first-order chi connectivity index (χ1) is 14.7. The molecule has 3 aromatic rings. The molecular formula is C23H25FN4O3. The van der Waals surface area contributed by atoms with E-state index >= 15 is 4.39 Å². The molecule has 2 N–H and O–H groups in total. The van der Waals surface area contributed by atoms with Crippen LogP contribution in [0.3, 0.4) is 0 Å². The van der Waals surface area contributed by atoms with E-state index in [0.717, 1.165) is 12.8 Å². The molecular weight excluding hydrogens is 399 g/mol. The average molecular weight is 424 g/mol. The Morgan fingerprint density at radius 3 is 2.77 bits per heavy atom. The highest BCUT2D eigenvalue weighted by atomic mass is 19.1. The van der Waals surface area contributed by atoms with Crippen molar-refractivity contribution in [2.24, 2.45) is 7.05 Å². The van der Waals surface area contributed by atoms with Gasteiger partial charge in [-0.2, -0.15) is 0 Å². The second-order valence-electron chi connectivity index (χ2n) is 9.31. The third kappa shape index (κ3) is 3.26. The summed E-state index contributed by atoms with van der Waals surface area (Å²) in [6.07, 6.45) is 2.20. The minimum Gasteiger partial charge on any atom is -0.507 e. The number of rotatable bonds is 3. The number of aryl methyl sites for hydroxylation is 1. The van der Waals surface area contributed by atoms with Crippen LogP contribution in [0.1, 0.15) is 33.1 Å². The van der Waals surface area contributed by atoms with Crippen molar-refractivity contribution in [3.63, 3.8) is 0 Å². The van der Waals surface area contributed by atoms with Gasteiger partial charge in [-0.15, -0.1) is 10.2 Å². The number of alkyl halides is 1. The number of nitrogens with zero attached hydrogens (tertiary/aromatic N) is 3. The van der Waals surface area contributed by atoms with E-state index < -0.39 is 17.8 Å². The molecule has 7 nitrogen and oxygen atoms in total. The largest absolute Gasteiger partial charge is 0.507 e. The van der Waals surface area contributed by atoms with Crippen LogP contribution in [0, 0.1) is 0 Å². The fraction of sp³-hybridized carbons (Fsp3) is 0.435. The first kappa shape index (κ1) is 19.9. The number of benzene rings is 1. The molecule has 31 heavy (non-hydrogen) atoms. The molecule has 4 heterocycles. The van der Waals surface area contributed by atoms with Crippen LogP contribution in [0.25, 0.3) is 22.0 Å². The Kier molecular flexibility index (Phi) is 4.34. The molecule has 1 aromatic carbocycles. The van der Waals surface area contributed by atoms with E-state index in [9.17, 15) is 9.90 Å². The zero-order valence-electron chi connectivity index (χ0n) is 17.7. The quantitative estimate of drug-likeness (QED) is 0.672. The Hall–Kier alpha value is -3.00. The van der Waals surface area contributed by atoms with Crippen LogP contribution in [-0.4, -0.2) is 43.2 Å². The maximum atomic E-state index is 15.1. The lowest BCUT2D eigenvalue weighted by Crippen LogP contribution is -2.63. The topological polar surface area (TPSA) is 89.3 Å². The summed E-state index contributed by atoms with van der Waals surface area (Å²) in [5.74, 6) is 0.192. The molecule has 162 valence electrons. The second-order valence-corrected chi connectivity index (χ2v) is 9.31. The predicted octanol–water partition coefficient (Wildman–Crippen LogP) is 3.09. The number of hydrogen-bond acceptors (Lipinski definition) is 6. The molecule has 0 aliphatic carbocycles. The van der Waals surface area contributed by atoms with Crippen LogP contribution in [0.5, 0.6) is 11.6 Å². The number of pyridine rings is 1. The number of nitrogens with one attached hydrogen (secondary N) is 1. The molecule has 4 atom stereocenters. The SMILES string of the molecule is Cn1ccc2cc(-c3ccc(O[C@H]4C[C@]5(C)CC[C@@](C)(N5)[C@H]4F)nn3)c(O)cc2c1=O. The van der Waals surface area contributed by atoms with Crippen molar-refractivity contribution < 1.29 is 14.2 Å². The molecule has 0 radical (unpaired) electrons. The number of aromatic nitrogens is 3. The Balaban J connectivity index is 1.41. The lowest BCUT2D eigenvalue weighted by molar-refractivity contribution is -0.00951. The minimum absolute atomic E-state index is 0.0571. The zero-order chi connectivity index (χ0) is 22.0. The number of phenols is 1. The van der Waals surface area contributed by atoms with Gasteiger partial charge in [0.25, 0.3) is 5.56 Å². The minimum atomic E-state index is -1.14. The average Bonchev–Trinajstić information content (AvgIpc) is 3.02. The van der Waals surface area contributed by atoms with Gasteiger partial charge in [-0.25, -0.2) is 4.39 Å². The van der Waals surface area contributed by atoms with Crippen LogP contribution in [0.15, 0.2) is 41.3 Å². The van der Waals surface area contributed by atoms with Gasteiger partial charge in [0.05, 0.1) is 16.6 Å². The summed E-state index contributed by atoms with van der Waals surface area (Å²) in [5.41, 5.74) is -0.00705. The molecule has 0 amide bonds. The van der Waals surface area contributed by atoms with Crippen molar-refractivity contribution in [3.8, 4) is 22.9 Å². The van der Waals surface area contributed by atoms with Crippen molar-refractivity contribution in [1.29, 1.82) is 0 Å². The van der Waals surface area contributed by atoms with Gasteiger partial charge in [-0.1, -0.05) is 0 Å². The van der Waals surface area contributed by atoms with Gasteiger partial charge in [0.15, 0.2) is 6.17 Å². The molecule has 0 saturated carbocycles. The van der Waals surface area contributed by atoms with Crippen LogP contribution in [0.2, 0.25) is 0 Å². The monoisotopic (exact) mass is 424 g/mol. The van der Waals surface area contributed by atoms with E-state index in [2.05, 4.69) is 22.4 Å². The van der Waals surface area contributed by atoms with Crippen LogP contribution >= 0.6 is 0 Å². The van der Waals surface area contributed by atoms with Gasteiger partial charge in [0.2, 0.25) is 5.88 Å². The summed E-state index contributed by atoms with van der Waals surface area (Å²) in [4.78, 5) is 12.3. The molecule has 5 rings (SSSR count). The molecule has 2 bridgehead atoms. The maximum Gasteiger partial charge on any atom is 0.258 e. The summed E-state index contributed by atoms with van der Waals surface area (Å²) >= 11 is 0. The van der Waals surface area contributed by atoms with Crippen molar-refractivity contribution in [2.75, 3.05) is 0 Å². The molecule has 2 saturated heterocycles. The second kappa shape index (κ2) is 6.75. The molecule has 8 heteroatoms. The van der Waals surface area contributed by atoms with Crippen molar-refractivity contribution >= 4 is 10.8 Å². The third-order valence-corrected chi connectivity index (χ3v) is 6.75. The van der Waals surface area contributed by atoms with E-state index in [1.165, 1.54) is 10.6 Å². The lowest BCUT2D eigenvalue weighted by atomic mass is 9.85. The Bertz CT molecular complexity index is 1230. The van der Waals surface area contributed by atoms with E-state index in [0.29, 0.717) is 28.5 Å². The van der Waals surface area contributed by atoms with Crippen molar-refractivity contribution in [2.45, 2.75) is 56.5 Å². The predicted molar refractivity (Wildman–Crippen MR) is 115 cm³/mol. The molecule has 2 aliphatic heterocycles. The fourth-order valence-electron chi connectivity index (χ4n) is 5.03. The van der Waals surface area contributed by atoms with Gasteiger partial charge in [-0.3, -0.25) is 4.79 Å². The normalized spacial score (nSPS) is 29.9. The van der Waals surface area contributed by atoms with E-state index in [1.807, 2.05) is 6.92 Å². The number of phenolic OH excluding ortho intramolecular Hbond substituents is 1. The van der Waals surface area contributed by atoms with Gasteiger partial charge in [0, 0.05) is 36.8 Å².